The predicted molar refractivity (Wildman–Crippen MR) is 46.9 cm³/mol. The first-order chi connectivity index (χ1) is 8.59. The molecular weight excluding hydrogens is 279 g/mol. The Hall–Kier alpha value is -2.19. The number of carbonyl (C=O) groups excluding carboxylic acids is 2. The highest BCUT2D eigenvalue weighted by atomic mass is 19.3. The van der Waals surface area contributed by atoms with Crippen molar-refractivity contribution in [3.05, 3.63) is 30.1 Å². The average Bonchev–Trinajstić information content (AvgIpc) is 2.31. The molecule has 0 saturated carbocycles. The number of halogens is 5. The summed E-state index contributed by atoms with van der Waals surface area (Å²) in [6.07, 6.45) is 0. The van der Waals surface area contributed by atoms with E-state index in [0.717, 1.165) is 24.3 Å². The number of hydrogen-bond acceptors (Lipinski definition) is 4. The van der Waals surface area contributed by atoms with E-state index >= 15 is 0 Å². The first kappa shape index (κ1) is 14.9. The zero-order chi connectivity index (χ0) is 14.8. The van der Waals surface area contributed by atoms with Gasteiger partial charge in [0, 0.05) is 0 Å². The number of carboxylic acid groups (broad SMARTS) is 1. The molecular formula is C10H4F5O4-. The smallest absolute Gasteiger partial charge is 0.410 e. The van der Waals surface area contributed by atoms with Crippen molar-refractivity contribution in [3.8, 4) is 5.75 Å². The van der Waals surface area contributed by atoms with Gasteiger partial charge in [-0.3, -0.25) is 0 Å². The molecule has 19 heavy (non-hydrogen) atoms. The van der Waals surface area contributed by atoms with E-state index in [1.54, 1.807) is 0 Å². The van der Waals surface area contributed by atoms with Gasteiger partial charge in [-0.2, -0.15) is 17.6 Å². The van der Waals surface area contributed by atoms with Gasteiger partial charge in [0.2, 0.25) is 0 Å². The van der Waals surface area contributed by atoms with Crippen LogP contribution in [0.4, 0.5) is 22.0 Å². The SMILES string of the molecule is O=C([O-])C(F)(F)C(F)(F)C(=O)Oc1ccc(F)cc1. The summed E-state index contributed by atoms with van der Waals surface area (Å²) in [5.41, 5.74) is 0. The second kappa shape index (κ2) is 4.82. The van der Waals surface area contributed by atoms with E-state index in [4.69, 9.17) is 0 Å². The van der Waals surface area contributed by atoms with E-state index < -0.39 is 35.4 Å². The van der Waals surface area contributed by atoms with Crippen LogP contribution in [-0.2, 0) is 9.59 Å². The van der Waals surface area contributed by atoms with Crippen molar-refractivity contribution in [2.45, 2.75) is 11.8 Å². The summed E-state index contributed by atoms with van der Waals surface area (Å²) in [4.78, 5) is 20.7. The van der Waals surface area contributed by atoms with Gasteiger partial charge in [0.15, 0.2) is 0 Å². The van der Waals surface area contributed by atoms with Gasteiger partial charge in [-0.1, -0.05) is 0 Å². The van der Waals surface area contributed by atoms with Crippen LogP contribution < -0.4 is 9.84 Å². The minimum Gasteiger partial charge on any atom is -0.544 e. The van der Waals surface area contributed by atoms with Gasteiger partial charge in [-0.25, -0.2) is 9.18 Å². The lowest BCUT2D eigenvalue weighted by molar-refractivity contribution is -0.346. The number of hydrogen-bond donors (Lipinski definition) is 0. The molecule has 1 aromatic carbocycles. The molecule has 0 bridgehead atoms. The Bertz CT molecular complexity index is 497. The third kappa shape index (κ3) is 2.80. The normalized spacial score (nSPS) is 12.1. The standard InChI is InChI=1S/C10H5F5O4/c11-5-1-3-6(4-2-5)19-8(18)10(14,15)9(12,13)7(16)17/h1-4H,(H,16,17)/p-1. The fourth-order valence-corrected chi connectivity index (χ4v) is 0.930. The average molecular weight is 283 g/mol. The third-order valence-electron chi connectivity index (χ3n) is 1.93. The van der Waals surface area contributed by atoms with Crippen LogP contribution >= 0.6 is 0 Å². The summed E-state index contributed by atoms with van der Waals surface area (Å²) in [6, 6.07) is 2.89. The molecule has 104 valence electrons. The summed E-state index contributed by atoms with van der Waals surface area (Å²) in [7, 11) is 0. The van der Waals surface area contributed by atoms with Gasteiger partial charge in [0.1, 0.15) is 17.5 Å². The Morgan fingerprint density at radius 2 is 1.47 bits per heavy atom. The van der Waals surface area contributed by atoms with Crippen molar-refractivity contribution in [2.24, 2.45) is 0 Å². The Labute approximate surface area is 102 Å². The summed E-state index contributed by atoms with van der Waals surface area (Å²) in [5, 5.41) is 9.87. The van der Waals surface area contributed by atoms with Crippen molar-refractivity contribution < 1.29 is 41.4 Å². The van der Waals surface area contributed by atoms with Crippen molar-refractivity contribution in [1.29, 1.82) is 0 Å². The summed E-state index contributed by atoms with van der Waals surface area (Å²) >= 11 is 0. The molecule has 0 fully saturated rings. The lowest BCUT2D eigenvalue weighted by atomic mass is 10.2. The van der Waals surface area contributed by atoms with E-state index in [2.05, 4.69) is 4.74 Å². The summed E-state index contributed by atoms with van der Waals surface area (Å²) in [6.45, 7) is 0. The maximum Gasteiger partial charge on any atom is 0.410 e. The fourth-order valence-electron chi connectivity index (χ4n) is 0.930. The Kier molecular flexibility index (Phi) is 3.78. The highest BCUT2D eigenvalue weighted by Gasteiger charge is 2.64. The molecule has 1 rings (SSSR count). The zero-order valence-corrected chi connectivity index (χ0v) is 8.83. The largest absolute Gasteiger partial charge is 0.544 e. The Balaban J connectivity index is 2.94. The van der Waals surface area contributed by atoms with Crippen LogP contribution in [-0.4, -0.2) is 23.8 Å². The molecule has 0 aromatic heterocycles. The quantitative estimate of drug-likeness (QED) is 0.464. The first-order valence-corrected chi connectivity index (χ1v) is 4.54. The first-order valence-electron chi connectivity index (χ1n) is 4.54. The van der Waals surface area contributed by atoms with Crippen molar-refractivity contribution in [3.63, 3.8) is 0 Å². The van der Waals surface area contributed by atoms with Crippen LogP contribution in [0, 0.1) is 5.82 Å². The maximum atomic E-state index is 12.9. The number of aliphatic carboxylic acids is 1. The minimum absolute atomic E-state index is 0.653. The zero-order valence-electron chi connectivity index (χ0n) is 8.83. The number of carbonyl (C=O) groups is 2. The lowest BCUT2D eigenvalue weighted by Crippen LogP contribution is -2.58. The van der Waals surface area contributed by atoms with Crippen LogP contribution in [0.25, 0.3) is 0 Å². The van der Waals surface area contributed by atoms with E-state index in [-0.39, 0.29) is 0 Å². The highest BCUT2D eigenvalue weighted by molar-refractivity contribution is 5.89. The number of esters is 1. The van der Waals surface area contributed by atoms with Gasteiger partial charge < -0.3 is 14.6 Å². The van der Waals surface area contributed by atoms with Crippen LogP contribution in [0.1, 0.15) is 0 Å². The lowest BCUT2D eigenvalue weighted by Gasteiger charge is -2.24. The van der Waals surface area contributed by atoms with Gasteiger partial charge in [0.05, 0.1) is 0 Å². The fraction of sp³-hybridized carbons (Fsp3) is 0.200. The van der Waals surface area contributed by atoms with Crippen molar-refractivity contribution >= 4 is 11.9 Å². The van der Waals surface area contributed by atoms with Crippen LogP contribution in [0.15, 0.2) is 24.3 Å². The highest BCUT2D eigenvalue weighted by Crippen LogP contribution is 2.35. The summed E-state index contributed by atoms with van der Waals surface area (Å²) in [5.74, 6) is -19.0. The molecule has 0 radical (unpaired) electrons. The third-order valence-corrected chi connectivity index (χ3v) is 1.93. The second-order valence-corrected chi connectivity index (χ2v) is 3.28. The van der Waals surface area contributed by atoms with E-state index in [1.165, 1.54) is 0 Å². The monoisotopic (exact) mass is 283 g/mol. The molecule has 0 aliphatic carbocycles. The van der Waals surface area contributed by atoms with Crippen LogP contribution in [0.2, 0.25) is 0 Å². The Morgan fingerprint density at radius 1 is 1.00 bits per heavy atom. The van der Waals surface area contributed by atoms with E-state index in [9.17, 15) is 36.6 Å². The molecule has 0 aliphatic heterocycles. The Morgan fingerprint density at radius 3 is 1.89 bits per heavy atom. The van der Waals surface area contributed by atoms with Crippen molar-refractivity contribution in [1.82, 2.24) is 0 Å². The van der Waals surface area contributed by atoms with Gasteiger partial charge in [-0.15, -0.1) is 0 Å². The molecule has 0 spiro atoms. The molecule has 4 nitrogen and oxygen atoms in total. The van der Waals surface area contributed by atoms with Gasteiger partial charge in [0.25, 0.3) is 0 Å². The minimum atomic E-state index is -5.73. The number of ether oxygens (including phenoxy) is 1. The van der Waals surface area contributed by atoms with E-state index in [0.29, 0.717) is 0 Å². The molecule has 0 heterocycles. The molecule has 0 unspecified atom stereocenters. The molecule has 0 saturated heterocycles. The van der Waals surface area contributed by atoms with E-state index in [1.807, 2.05) is 0 Å². The molecule has 1 aromatic rings. The molecule has 9 heteroatoms. The van der Waals surface area contributed by atoms with Crippen LogP contribution in [0.5, 0.6) is 5.75 Å². The van der Waals surface area contributed by atoms with Gasteiger partial charge in [-0.05, 0) is 24.3 Å². The second-order valence-electron chi connectivity index (χ2n) is 3.28. The molecule has 0 aliphatic rings. The predicted octanol–water partition coefficient (Wildman–Crippen LogP) is 0.752. The molecule has 0 N–H and O–H groups in total. The molecule has 0 atom stereocenters. The number of carboxylic acids is 1. The number of rotatable bonds is 4. The number of alkyl halides is 4. The van der Waals surface area contributed by atoms with Crippen molar-refractivity contribution in [2.75, 3.05) is 0 Å². The van der Waals surface area contributed by atoms with Gasteiger partial charge >= 0.3 is 17.8 Å². The summed E-state index contributed by atoms with van der Waals surface area (Å²) < 4.78 is 67.2. The topological polar surface area (TPSA) is 66.4 Å². The maximum absolute atomic E-state index is 12.9. The number of benzene rings is 1. The van der Waals surface area contributed by atoms with Crippen LogP contribution in [0.3, 0.4) is 0 Å². The molecule has 0 amide bonds.